The van der Waals surface area contributed by atoms with Crippen LogP contribution in [0.4, 0.5) is 0 Å². The number of phenolic OH excluding ortho intramolecular Hbond substituents is 1. The number of aromatic hydroxyl groups is 1. The van der Waals surface area contributed by atoms with Gasteiger partial charge in [0.05, 0.1) is 5.52 Å². The van der Waals surface area contributed by atoms with E-state index in [1.165, 1.54) is 5.56 Å². The maximum absolute atomic E-state index is 9.90. The molecule has 0 aliphatic heterocycles. The van der Waals surface area contributed by atoms with Crippen molar-refractivity contribution in [1.29, 1.82) is 0 Å². The summed E-state index contributed by atoms with van der Waals surface area (Å²) in [7, 11) is 0. The van der Waals surface area contributed by atoms with E-state index in [0.717, 1.165) is 17.4 Å². The van der Waals surface area contributed by atoms with Gasteiger partial charge in [-0.3, -0.25) is 0 Å². The minimum absolute atomic E-state index is 0.337. The van der Waals surface area contributed by atoms with Gasteiger partial charge in [-0.25, -0.2) is 0 Å². The molecule has 0 spiro atoms. The zero-order valence-electron chi connectivity index (χ0n) is 9.38. The average molecular weight is 223 g/mol. The molecule has 2 nitrogen and oxygen atoms in total. The van der Waals surface area contributed by atoms with Crippen LogP contribution in [0, 0.1) is 0 Å². The number of fused-ring (bicyclic) bond motifs is 1. The SMILES string of the molecule is Oc1cccc2ccn(Cc3ccccc3)c12. The van der Waals surface area contributed by atoms with Gasteiger partial charge in [-0.1, -0.05) is 42.5 Å². The molecular weight excluding hydrogens is 210 g/mol. The Kier molecular flexibility index (Phi) is 2.33. The Morgan fingerprint density at radius 2 is 1.71 bits per heavy atom. The lowest BCUT2D eigenvalue weighted by atomic mass is 10.2. The van der Waals surface area contributed by atoms with E-state index in [0.29, 0.717) is 5.75 Å². The quantitative estimate of drug-likeness (QED) is 0.707. The molecule has 1 N–H and O–H groups in total. The first-order valence-electron chi connectivity index (χ1n) is 5.65. The summed E-state index contributed by atoms with van der Waals surface area (Å²) in [5, 5.41) is 11.0. The zero-order chi connectivity index (χ0) is 11.7. The molecule has 2 heteroatoms. The normalized spacial score (nSPS) is 10.8. The molecule has 0 aliphatic rings. The van der Waals surface area contributed by atoms with Crippen molar-refractivity contribution in [3.05, 3.63) is 66.4 Å². The molecule has 3 rings (SSSR count). The van der Waals surface area contributed by atoms with Crippen molar-refractivity contribution in [2.24, 2.45) is 0 Å². The molecule has 0 unspecified atom stereocenters. The summed E-state index contributed by atoms with van der Waals surface area (Å²) in [6, 6.07) is 17.9. The number of nitrogens with zero attached hydrogens (tertiary/aromatic N) is 1. The number of aromatic nitrogens is 1. The molecule has 2 aromatic carbocycles. The van der Waals surface area contributed by atoms with Crippen LogP contribution in [-0.4, -0.2) is 9.67 Å². The van der Waals surface area contributed by atoms with Crippen LogP contribution in [0.5, 0.6) is 5.75 Å². The molecule has 1 aromatic heterocycles. The van der Waals surface area contributed by atoms with Crippen LogP contribution in [-0.2, 0) is 6.54 Å². The highest BCUT2D eigenvalue weighted by molar-refractivity contribution is 5.85. The van der Waals surface area contributed by atoms with Crippen molar-refractivity contribution in [2.75, 3.05) is 0 Å². The van der Waals surface area contributed by atoms with Crippen LogP contribution in [0.15, 0.2) is 60.8 Å². The number of benzene rings is 2. The van der Waals surface area contributed by atoms with Crippen LogP contribution in [0.1, 0.15) is 5.56 Å². The monoisotopic (exact) mass is 223 g/mol. The summed E-state index contributed by atoms with van der Waals surface area (Å²) in [4.78, 5) is 0. The number of rotatable bonds is 2. The van der Waals surface area contributed by atoms with E-state index in [1.807, 2.05) is 42.6 Å². The van der Waals surface area contributed by atoms with Gasteiger partial charge in [-0.05, 0) is 17.7 Å². The second kappa shape index (κ2) is 3.98. The lowest BCUT2D eigenvalue weighted by Crippen LogP contribution is -1.97. The molecule has 0 radical (unpaired) electrons. The molecule has 0 saturated heterocycles. The van der Waals surface area contributed by atoms with Gasteiger partial charge < -0.3 is 9.67 Å². The van der Waals surface area contributed by atoms with Crippen molar-refractivity contribution >= 4 is 10.9 Å². The Bertz CT molecular complexity index is 640. The summed E-state index contributed by atoms with van der Waals surface area (Å²) in [5.41, 5.74) is 2.13. The number of hydrogen-bond donors (Lipinski definition) is 1. The standard InChI is InChI=1S/C15H13NO/c17-14-8-4-7-13-9-10-16(15(13)14)11-12-5-2-1-3-6-12/h1-10,17H,11H2. The van der Waals surface area contributed by atoms with E-state index < -0.39 is 0 Å². The van der Waals surface area contributed by atoms with Crippen LogP contribution in [0.25, 0.3) is 10.9 Å². The first-order valence-corrected chi connectivity index (χ1v) is 5.65. The van der Waals surface area contributed by atoms with Crippen LogP contribution in [0.3, 0.4) is 0 Å². The fraction of sp³-hybridized carbons (Fsp3) is 0.0667. The fourth-order valence-electron chi connectivity index (χ4n) is 2.15. The number of hydrogen-bond acceptors (Lipinski definition) is 1. The van der Waals surface area contributed by atoms with E-state index in [9.17, 15) is 5.11 Å². The Morgan fingerprint density at radius 3 is 2.53 bits per heavy atom. The predicted octanol–water partition coefficient (Wildman–Crippen LogP) is 3.40. The summed E-state index contributed by atoms with van der Waals surface area (Å²) < 4.78 is 2.07. The van der Waals surface area contributed by atoms with Gasteiger partial charge >= 0.3 is 0 Å². The van der Waals surface area contributed by atoms with Crippen LogP contribution in [0.2, 0.25) is 0 Å². The third kappa shape index (κ3) is 1.78. The molecule has 0 aliphatic carbocycles. The van der Waals surface area contributed by atoms with E-state index in [1.54, 1.807) is 6.07 Å². The third-order valence-corrected chi connectivity index (χ3v) is 2.96. The van der Waals surface area contributed by atoms with E-state index in [2.05, 4.69) is 16.7 Å². The van der Waals surface area contributed by atoms with E-state index in [-0.39, 0.29) is 0 Å². The highest BCUT2D eigenvalue weighted by atomic mass is 16.3. The topological polar surface area (TPSA) is 25.2 Å². The Hall–Kier alpha value is -2.22. The van der Waals surface area contributed by atoms with Gasteiger partial charge in [-0.15, -0.1) is 0 Å². The smallest absolute Gasteiger partial charge is 0.139 e. The fourth-order valence-corrected chi connectivity index (χ4v) is 2.15. The highest BCUT2D eigenvalue weighted by Crippen LogP contribution is 2.25. The van der Waals surface area contributed by atoms with Crippen molar-refractivity contribution in [3.63, 3.8) is 0 Å². The maximum atomic E-state index is 9.90. The second-order valence-electron chi connectivity index (χ2n) is 4.14. The number of phenols is 1. The summed E-state index contributed by atoms with van der Waals surface area (Å²) in [6.45, 7) is 0.780. The van der Waals surface area contributed by atoms with Crippen molar-refractivity contribution < 1.29 is 5.11 Å². The first kappa shape index (κ1) is 9.97. The summed E-state index contributed by atoms with van der Waals surface area (Å²) >= 11 is 0. The third-order valence-electron chi connectivity index (χ3n) is 2.96. The molecule has 3 aromatic rings. The molecule has 0 saturated carbocycles. The summed E-state index contributed by atoms with van der Waals surface area (Å²) in [6.07, 6.45) is 2.01. The minimum atomic E-state index is 0.337. The second-order valence-corrected chi connectivity index (χ2v) is 4.14. The van der Waals surface area contributed by atoms with Crippen molar-refractivity contribution in [3.8, 4) is 5.75 Å². The molecule has 0 atom stereocenters. The minimum Gasteiger partial charge on any atom is -0.506 e. The largest absolute Gasteiger partial charge is 0.506 e. The highest BCUT2D eigenvalue weighted by Gasteiger charge is 2.05. The predicted molar refractivity (Wildman–Crippen MR) is 69.1 cm³/mol. The van der Waals surface area contributed by atoms with Crippen molar-refractivity contribution in [2.45, 2.75) is 6.54 Å². The molecule has 1 heterocycles. The van der Waals surface area contributed by atoms with E-state index in [4.69, 9.17) is 0 Å². The van der Waals surface area contributed by atoms with Gasteiger partial charge in [0.25, 0.3) is 0 Å². The molecule has 0 amide bonds. The van der Waals surface area contributed by atoms with Crippen LogP contribution >= 0.6 is 0 Å². The molecule has 0 bridgehead atoms. The summed E-state index contributed by atoms with van der Waals surface area (Å²) in [5.74, 6) is 0.337. The maximum Gasteiger partial charge on any atom is 0.139 e. The lowest BCUT2D eigenvalue weighted by Gasteiger charge is -2.06. The zero-order valence-corrected chi connectivity index (χ0v) is 9.38. The van der Waals surface area contributed by atoms with Gasteiger partial charge in [0.1, 0.15) is 5.75 Å². The Morgan fingerprint density at radius 1 is 0.882 bits per heavy atom. The molecular formula is C15H13NO. The number of para-hydroxylation sites is 1. The molecule has 17 heavy (non-hydrogen) atoms. The Balaban J connectivity index is 2.07. The van der Waals surface area contributed by atoms with Gasteiger partial charge in [0.2, 0.25) is 0 Å². The van der Waals surface area contributed by atoms with Gasteiger partial charge in [0.15, 0.2) is 0 Å². The van der Waals surface area contributed by atoms with Gasteiger partial charge in [-0.2, -0.15) is 0 Å². The molecule has 0 fully saturated rings. The first-order chi connectivity index (χ1) is 8.34. The lowest BCUT2D eigenvalue weighted by molar-refractivity contribution is 0.478. The van der Waals surface area contributed by atoms with E-state index >= 15 is 0 Å². The molecule has 84 valence electrons. The Labute approximate surface area is 99.7 Å². The average Bonchev–Trinajstić information content (AvgIpc) is 2.75. The van der Waals surface area contributed by atoms with Crippen molar-refractivity contribution in [1.82, 2.24) is 4.57 Å². The van der Waals surface area contributed by atoms with Gasteiger partial charge in [0, 0.05) is 18.1 Å². The van der Waals surface area contributed by atoms with Crippen LogP contribution < -0.4 is 0 Å².